The molecule has 1 aromatic carbocycles. The standard InChI is InChI=1S/C13H12BrN3O2/c1-17-5-4-7-6-8(2-3-9(7)17)11-15-12(18)10(14)13(19)16-11/h2-3,6H,4-5H2,1H3,(H2,15,16,18,19). The van der Waals surface area contributed by atoms with E-state index in [1.807, 2.05) is 18.2 Å². The van der Waals surface area contributed by atoms with Crippen molar-refractivity contribution < 1.29 is 5.11 Å². The summed E-state index contributed by atoms with van der Waals surface area (Å²) < 4.78 is 0.0529. The number of aromatic hydroxyl groups is 1. The highest BCUT2D eigenvalue weighted by molar-refractivity contribution is 9.10. The van der Waals surface area contributed by atoms with Crippen LogP contribution in [0.3, 0.4) is 0 Å². The molecule has 3 rings (SSSR count). The molecule has 5 nitrogen and oxygen atoms in total. The van der Waals surface area contributed by atoms with Crippen LogP contribution in [0.4, 0.5) is 5.69 Å². The minimum absolute atomic E-state index is 0.0529. The monoisotopic (exact) mass is 321 g/mol. The van der Waals surface area contributed by atoms with Gasteiger partial charge in [-0.25, -0.2) is 0 Å². The summed E-state index contributed by atoms with van der Waals surface area (Å²) in [5.41, 5.74) is 2.84. The molecule has 2 N–H and O–H groups in total. The minimum atomic E-state index is -0.389. The molecule has 6 heteroatoms. The molecule has 2 heterocycles. The summed E-state index contributed by atoms with van der Waals surface area (Å²) in [7, 11) is 2.05. The molecule has 98 valence electrons. The second-order valence-electron chi connectivity index (χ2n) is 4.57. The Morgan fingerprint density at radius 3 is 3.00 bits per heavy atom. The summed E-state index contributed by atoms with van der Waals surface area (Å²) in [5.74, 6) is 0.0828. The highest BCUT2D eigenvalue weighted by Gasteiger charge is 2.17. The van der Waals surface area contributed by atoms with Crippen molar-refractivity contribution in [1.82, 2.24) is 9.97 Å². The Morgan fingerprint density at radius 1 is 1.47 bits per heavy atom. The number of fused-ring (bicyclic) bond motifs is 1. The molecule has 0 saturated carbocycles. The highest BCUT2D eigenvalue weighted by atomic mass is 79.9. The number of likely N-dealkylation sites (N-methyl/N-ethyl adjacent to an activating group) is 1. The molecule has 19 heavy (non-hydrogen) atoms. The largest absolute Gasteiger partial charge is 0.492 e. The van der Waals surface area contributed by atoms with E-state index in [9.17, 15) is 9.90 Å². The van der Waals surface area contributed by atoms with Gasteiger partial charge in [-0.3, -0.25) is 4.79 Å². The Bertz CT molecular complexity index is 712. The van der Waals surface area contributed by atoms with E-state index >= 15 is 0 Å². The van der Waals surface area contributed by atoms with Gasteiger partial charge in [0.25, 0.3) is 5.56 Å². The number of aromatic amines is 1. The fourth-order valence-corrected chi connectivity index (χ4v) is 2.49. The van der Waals surface area contributed by atoms with Crippen LogP contribution in [0.5, 0.6) is 5.88 Å². The predicted molar refractivity (Wildman–Crippen MR) is 76.6 cm³/mol. The topological polar surface area (TPSA) is 69.2 Å². The van der Waals surface area contributed by atoms with E-state index in [1.54, 1.807) is 0 Å². The van der Waals surface area contributed by atoms with E-state index in [1.165, 1.54) is 11.3 Å². The summed E-state index contributed by atoms with van der Waals surface area (Å²) in [6.45, 7) is 0.994. The molecular formula is C13H12BrN3O2. The second kappa shape index (κ2) is 4.38. The first-order chi connectivity index (χ1) is 9.06. The van der Waals surface area contributed by atoms with Crippen molar-refractivity contribution >= 4 is 21.6 Å². The maximum absolute atomic E-state index is 11.6. The minimum Gasteiger partial charge on any atom is -0.492 e. The van der Waals surface area contributed by atoms with Crippen LogP contribution in [0.1, 0.15) is 5.56 Å². The van der Waals surface area contributed by atoms with Gasteiger partial charge < -0.3 is 15.0 Å². The molecule has 0 atom stereocenters. The van der Waals surface area contributed by atoms with Crippen LogP contribution < -0.4 is 10.5 Å². The lowest BCUT2D eigenvalue weighted by Crippen LogP contribution is -2.12. The first-order valence-corrected chi connectivity index (χ1v) is 6.69. The van der Waals surface area contributed by atoms with Crippen LogP contribution >= 0.6 is 15.9 Å². The van der Waals surface area contributed by atoms with E-state index in [0.717, 1.165) is 18.5 Å². The number of halogens is 1. The smallest absolute Gasteiger partial charge is 0.269 e. The second-order valence-corrected chi connectivity index (χ2v) is 5.36. The summed E-state index contributed by atoms with van der Waals surface area (Å²) in [5, 5.41) is 9.59. The van der Waals surface area contributed by atoms with Gasteiger partial charge in [-0.1, -0.05) is 0 Å². The number of anilines is 1. The molecule has 0 unspecified atom stereocenters. The summed E-state index contributed by atoms with van der Waals surface area (Å²) in [6, 6.07) is 5.91. The number of benzene rings is 1. The zero-order chi connectivity index (χ0) is 13.6. The average Bonchev–Trinajstić information content (AvgIpc) is 2.76. The van der Waals surface area contributed by atoms with Gasteiger partial charge in [0.2, 0.25) is 5.88 Å². The Hall–Kier alpha value is -1.82. The number of aromatic nitrogens is 2. The van der Waals surface area contributed by atoms with Gasteiger partial charge >= 0.3 is 0 Å². The quantitative estimate of drug-likeness (QED) is 0.841. The number of hydrogen-bond acceptors (Lipinski definition) is 4. The normalized spacial score (nSPS) is 13.7. The van der Waals surface area contributed by atoms with Crippen molar-refractivity contribution in [2.24, 2.45) is 0 Å². The molecular weight excluding hydrogens is 310 g/mol. The van der Waals surface area contributed by atoms with Crippen LogP contribution in [0.25, 0.3) is 11.4 Å². The Morgan fingerprint density at radius 2 is 2.26 bits per heavy atom. The van der Waals surface area contributed by atoms with Gasteiger partial charge in [0, 0.05) is 24.8 Å². The molecule has 0 radical (unpaired) electrons. The van der Waals surface area contributed by atoms with E-state index in [2.05, 4.69) is 37.8 Å². The van der Waals surface area contributed by atoms with Crippen molar-refractivity contribution in [1.29, 1.82) is 0 Å². The van der Waals surface area contributed by atoms with E-state index in [-0.39, 0.29) is 15.9 Å². The molecule has 1 aliphatic heterocycles. The van der Waals surface area contributed by atoms with Gasteiger partial charge in [0.1, 0.15) is 10.3 Å². The molecule has 0 spiro atoms. The molecule has 1 aliphatic rings. The number of rotatable bonds is 1. The van der Waals surface area contributed by atoms with Gasteiger partial charge in [0.05, 0.1) is 0 Å². The molecule has 0 bridgehead atoms. The summed E-state index contributed by atoms with van der Waals surface area (Å²) in [4.78, 5) is 20.4. The molecule has 1 aromatic heterocycles. The molecule has 0 saturated heterocycles. The van der Waals surface area contributed by atoms with Crippen molar-refractivity contribution in [3.05, 3.63) is 38.6 Å². The number of nitrogens with one attached hydrogen (secondary N) is 1. The van der Waals surface area contributed by atoms with Gasteiger partial charge in [-0.2, -0.15) is 4.98 Å². The predicted octanol–water partition coefficient (Wildman–Crippen LogP) is 1.90. The fourth-order valence-electron chi connectivity index (χ4n) is 2.30. The molecule has 2 aromatic rings. The summed E-state index contributed by atoms with van der Waals surface area (Å²) >= 11 is 2.98. The Labute approximate surface area is 118 Å². The first-order valence-electron chi connectivity index (χ1n) is 5.89. The fraction of sp³-hybridized carbons (Fsp3) is 0.231. The molecule has 0 amide bonds. The van der Waals surface area contributed by atoms with Crippen molar-refractivity contribution in [3.63, 3.8) is 0 Å². The van der Waals surface area contributed by atoms with Crippen molar-refractivity contribution in [2.75, 3.05) is 18.5 Å². The lowest BCUT2D eigenvalue weighted by atomic mass is 10.1. The number of H-pyrrole nitrogens is 1. The highest BCUT2D eigenvalue weighted by Crippen LogP contribution is 2.30. The molecule has 0 aliphatic carbocycles. The summed E-state index contributed by atoms with van der Waals surface area (Å²) in [6.07, 6.45) is 0.979. The van der Waals surface area contributed by atoms with Gasteiger partial charge in [-0.05, 0) is 46.1 Å². The zero-order valence-electron chi connectivity index (χ0n) is 10.3. The van der Waals surface area contributed by atoms with Crippen LogP contribution in [0, 0.1) is 0 Å². The van der Waals surface area contributed by atoms with Crippen LogP contribution in [-0.4, -0.2) is 28.7 Å². The third-order valence-corrected chi connectivity index (χ3v) is 4.04. The third kappa shape index (κ3) is 2.02. The Kier molecular flexibility index (Phi) is 2.82. The SMILES string of the molecule is CN1CCc2cc(-c3nc(O)c(Br)c(=O)[nH]3)ccc21. The lowest BCUT2D eigenvalue weighted by Gasteiger charge is -2.12. The molecule has 0 fully saturated rings. The van der Waals surface area contributed by atoms with E-state index < -0.39 is 0 Å². The lowest BCUT2D eigenvalue weighted by molar-refractivity contribution is 0.448. The first kappa shape index (κ1) is 12.2. The average molecular weight is 322 g/mol. The maximum atomic E-state index is 11.6. The van der Waals surface area contributed by atoms with Crippen molar-refractivity contribution in [3.8, 4) is 17.3 Å². The van der Waals surface area contributed by atoms with E-state index in [4.69, 9.17) is 0 Å². The van der Waals surface area contributed by atoms with Crippen molar-refractivity contribution in [2.45, 2.75) is 6.42 Å². The Balaban J connectivity index is 2.11. The van der Waals surface area contributed by atoms with E-state index in [0.29, 0.717) is 5.82 Å². The third-order valence-electron chi connectivity index (χ3n) is 3.33. The van der Waals surface area contributed by atoms with Crippen LogP contribution in [-0.2, 0) is 6.42 Å². The zero-order valence-corrected chi connectivity index (χ0v) is 11.9. The van der Waals surface area contributed by atoms with Crippen LogP contribution in [0.15, 0.2) is 27.5 Å². The van der Waals surface area contributed by atoms with Gasteiger partial charge in [0.15, 0.2) is 0 Å². The number of nitrogens with zero attached hydrogens (tertiary/aromatic N) is 2. The van der Waals surface area contributed by atoms with Crippen LogP contribution in [0.2, 0.25) is 0 Å². The number of hydrogen-bond donors (Lipinski definition) is 2. The van der Waals surface area contributed by atoms with Gasteiger partial charge in [-0.15, -0.1) is 0 Å². The maximum Gasteiger partial charge on any atom is 0.269 e.